The quantitative estimate of drug-likeness (QED) is 0.769. The minimum Gasteiger partial charge on any atom is -0.345 e. The maximum absolute atomic E-state index is 11.7. The second kappa shape index (κ2) is 5.02. The molecule has 0 atom stereocenters. The van der Waals surface area contributed by atoms with Crippen molar-refractivity contribution in [2.75, 3.05) is 21.1 Å². The highest BCUT2D eigenvalue weighted by Crippen LogP contribution is 2.20. The molecule has 0 aliphatic carbocycles. The van der Waals surface area contributed by atoms with E-state index in [0.29, 0.717) is 0 Å². The number of carbonyl (C=O) groups is 1. The lowest BCUT2D eigenvalue weighted by Gasteiger charge is -2.12. The van der Waals surface area contributed by atoms with Gasteiger partial charge in [0.25, 0.3) is 5.91 Å². The van der Waals surface area contributed by atoms with E-state index < -0.39 is 0 Å². The molecule has 1 aromatic carbocycles. The van der Waals surface area contributed by atoms with Crippen molar-refractivity contribution in [3.05, 3.63) is 29.8 Å². The van der Waals surface area contributed by atoms with Gasteiger partial charge < -0.3 is 4.90 Å². The zero-order valence-corrected chi connectivity index (χ0v) is 9.39. The van der Waals surface area contributed by atoms with Gasteiger partial charge in [-0.2, -0.15) is 0 Å². The van der Waals surface area contributed by atoms with E-state index in [1.54, 1.807) is 19.0 Å². The molecule has 0 fully saturated rings. The Kier molecular flexibility index (Phi) is 3.98. The van der Waals surface area contributed by atoms with Gasteiger partial charge in [0.1, 0.15) is 0 Å². The molecule has 0 heterocycles. The van der Waals surface area contributed by atoms with Crippen molar-refractivity contribution in [1.82, 2.24) is 9.62 Å². The minimum absolute atomic E-state index is 0.0309. The van der Waals surface area contributed by atoms with Crippen LogP contribution in [0.3, 0.4) is 0 Å². The molecule has 0 unspecified atom stereocenters. The van der Waals surface area contributed by atoms with Gasteiger partial charge in [-0.15, -0.1) is 0 Å². The Hall–Kier alpha value is -1.00. The van der Waals surface area contributed by atoms with Gasteiger partial charge in [0.15, 0.2) is 0 Å². The van der Waals surface area contributed by atoms with Crippen LogP contribution in [0.1, 0.15) is 10.4 Å². The summed E-state index contributed by atoms with van der Waals surface area (Å²) < 4.78 is 2.96. The summed E-state index contributed by atoms with van der Waals surface area (Å²) >= 11 is 1.45. The molecule has 0 radical (unpaired) electrons. The molecule has 4 heteroatoms. The van der Waals surface area contributed by atoms with E-state index in [9.17, 15) is 4.79 Å². The van der Waals surface area contributed by atoms with Gasteiger partial charge in [-0.3, -0.25) is 9.52 Å². The zero-order chi connectivity index (χ0) is 10.6. The molecular weight excluding hydrogens is 196 g/mol. The predicted molar refractivity (Wildman–Crippen MR) is 59.4 cm³/mol. The Balaban J connectivity index is 3.00. The van der Waals surface area contributed by atoms with Crippen molar-refractivity contribution in [2.24, 2.45) is 0 Å². The number of nitrogens with one attached hydrogen (secondary N) is 1. The van der Waals surface area contributed by atoms with Gasteiger partial charge >= 0.3 is 0 Å². The Bertz CT molecular complexity index is 326. The van der Waals surface area contributed by atoms with Crippen LogP contribution < -0.4 is 4.72 Å². The second-order valence-corrected chi connectivity index (χ2v) is 4.05. The van der Waals surface area contributed by atoms with E-state index in [-0.39, 0.29) is 5.91 Å². The monoisotopic (exact) mass is 210 g/mol. The lowest BCUT2D eigenvalue weighted by molar-refractivity contribution is 0.0824. The number of benzene rings is 1. The summed E-state index contributed by atoms with van der Waals surface area (Å²) in [4.78, 5) is 14.3. The second-order valence-electron chi connectivity index (χ2n) is 3.00. The number of hydrogen-bond donors (Lipinski definition) is 1. The van der Waals surface area contributed by atoms with Crippen molar-refractivity contribution in [3.63, 3.8) is 0 Å². The Labute approximate surface area is 88.6 Å². The lowest BCUT2D eigenvalue weighted by Crippen LogP contribution is -2.22. The predicted octanol–water partition coefficient (Wildman–Crippen LogP) is 1.61. The molecule has 1 amide bonds. The minimum atomic E-state index is 0.0309. The van der Waals surface area contributed by atoms with Crippen LogP contribution in [-0.2, 0) is 0 Å². The van der Waals surface area contributed by atoms with Gasteiger partial charge in [-0.05, 0) is 31.1 Å². The maximum Gasteiger partial charge on any atom is 0.254 e. The van der Waals surface area contributed by atoms with Gasteiger partial charge in [-0.1, -0.05) is 12.1 Å². The molecule has 0 aliphatic rings. The average Bonchev–Trinajstić information content (AvgIpc) is 2.18. The molecule has 76 valence electrons. The molecule has 14 heavy (non-hydrogen) atoms. The fourth-order valence-corrected chi connectivity index (χ4v) is 1.72. The highest BCUT2D eigenvalue weighted by Gasteiger charge is 2.12. The molecule has 0 aliphatic heterocycles. The molecule has 0 aromatic heterocycles. The number of rotatable bonds is 3. The SMILES string of the molecule is CNSc1ccccc1C(=O)N(C)C. The number of hydrogen-bond acceptors (Lipinski definition) is 3. The summed E-state index contributed by atoms with van der Waals surface area (Å²) in [5.74, 6) is 0.0309. The van der Waals surface area contributed by atoms with Crippen molar-refractivity contribution in [1.29, 1.82) is 0 Å². The van der Waals surface area contributed by atoms with Crippen LogP contribution in [0, 0.1) is 0 Å². The summed E-state index contributed by atoms with van der Waals surface area (Å²) in [5.41, 5.74) is 0.733. The molecule has 1 rings (SSSR count). The van der Waals surface area contributed by atoms with Gasteiger partial charge in [-0.25, -0.2) is 0 Å². The molecule has 1 N–H and O–H groups in total. The van der Waals surface area contributed by atoms with Crippen molar-refractivity contribution in [2.45, 2.75) is 4.90 Å². The molecule has 0 spiro atoms. The third-order valence-corrected chi connectivity index (χ3v) is 2.52. The zero-order valence-electron chi connectivity index (χ0n) is 8.57. The van der Waals surface area contributed by atoms with E-state index >= 15 is 0 Å². The first kappa shape index (κ1) is 11.1. The van der Waals surface area contributed by atoms with Crippen LogP contribution >= 0.6 is 11.9 Å². The van der Waals surface area contributed by atoms with Crippen LogP contribution in [0.2, 0.25) is 0 Å². The Morgan fingerprint density at radius 2 is 2.00 bits per heavy atom. The molecule has 0 saturated heterocycles. The fraction of sp³-hybridized carbons (Fsp3) is 0.300. The van der Waals surface area contributed by atoms with Gasteiger partial charge in [0, 0.05) is 19.0 Å². The molecule has 0 saturated carbocycles. The van der Waals surface area contributed by atoms with Crippen LogP contribution in [0.15, 0.2) is 29.2 Å². The average molecular weight is 210 g/mol. The third kappa shape index (κ3) is 2.49. The van der Waals surface area contributed by atoms with Crippen molar-refractivity contribution < 1.29 is 4.79 Å². The summed E-state index contributed by atoms with van der Waals surface area (Å²) in [6.45, 7) is 0. The van der Waals surface area contributed by atoms with Crippen LogP contribution in [0.5, 0.6) is 0 Å². The topological polar surface area (TPSA) is 32.3 Å². The molecule has 0 bridgehead atoms. The van der Waals surface area contributed by atoms with Crippen molar-refractivity contribution >= 4 is 17.9 Å². The summed E-state index contributed by atoms with van der Waals surface area (Å²) in [6.07, 6.45) is 0. The van der Waals surface area contributed by atoms with Crippen LogP contribution in [-0.4, -0.2) is 32.0 Å². The first-order chi connectivity index (χ1) is 6.66. The van der Waals surface area contributed by atoms with E-state index in [1.807, 2.05) is 31.3 Å². The smallest absolute Gasteiger partial charge is 0.254 e. The number of nitrogens with zero attached hydrogens (tertiary/aromatic N) is 1. The highest BCUT2D eigenvalue weighted by atomic mass is 32.2. The normalized spacial score (nSPS) is 9.93. The summed E-state index contributed by atoms with van der Waals surface area (Å²) in [7, 11) is 5.34. The maximum atomic E-state index is 11.7. The molecular formula is C10H14N2OS. The van der Waals surface area contributed by atoms with E-state index in [4.69, 9.17) is 0 Å². The van der Waals surface area contributed by atoms with Crippen molar-refractivity contribution in [3.8, 4) is 0 Å². The first-order valence-corrected chi connectivity index (χ1v) is 5.12. The lowest BCUT2D eigenvalue weighted by atomic mass is 10.2. The van der Waals surface area contributed by atoms with E-state index in [0.717, 1.165) is 10.5 Å². The van der Waals surface area contributed by atoms with Crippen LogP contribution in [0.4, 0.5) is 0 Å². The number of amides is 1. The summed E-state index contributed by atoms with van der Waals surface area (Å²) in [5, 5.41) is 0. The largest absolute Gasteiger partial charge is 0.345 e. The Morgan fingerprint density at radius 3 is 2.57 bits per heavy atom. The van der Waals surface area contributed by atoms with Gasteiger partial charge in [0.2, 0.25) is 0 Å². The fourth-order valence-electron chi connectivity index (χ4n) is 1.08. The standard InChI is InChI=1S/C10H14N2OS/c1-11-14-9-7-5-4-6-8(9)10(13)12(2)3/h4-7,11H,1-3H3. The highest BCUT2D eigenvalue weighted by molar-refractivity contribution is 7.97. The first-order valence-electron chi connectivity index (χ1n) is 4.31. The van der Waals surface area contributed by atoms with E-state index in [2.05, 4.69) is 4.72 Å². The number of carbonyl (C=O) groups excluding carboxylic acids is 1. The van der Waals surface area contributed by atoms with Gasteiger partial charge in [0.05, 0.1) is 5.56 Å². The third-order valence-electron chi connectivity index (χ3n) is 1.74. The van der Waals surface area contributed by atoms with E-state index in [1.165, 1.54) is 11.9 Å². The summed E-state index contributed by atoms with van der Waals surface area (Å²) in [6, 6.07) is 7.56. The Morgan fingerprint density at radius 1 is 1.36 bits per heavy atom. The molecule has 3 nitrogen and oxygen atoms in total. The van der Waals surface area contributed by atoms with Crippen LogP contribution in [0.25, 0.3) is 0 Å². The molecule has 1 aromatic rings.